The fraction of sp³-hybridized carbons (Fsp3) is 0.400. The van der Waals surface area contributed by atoms with E-state index in [9.17, 15) is 43.9 Å². The second-order valence-electron chi connectivity index (χ2n) is 5.71. The van der Waals surface area contributed by atoms with Crippen molar-refractivity contribution in [3.05, 3.63) is 52.8 Å². The second kappa shape index (κ2) is 6.41. The minimum atomic E-state index is -6.22. The van der Waals surface area contributed by atoms with Crippen LogP contribution >= 0.6 is 0 Å². The third-order valence-corrected chi connectivity index (χ3v) is 3.55. The molecule has 0 spiro atoms. The SMILES string of the molecule is Cc1cccc(Cn2nc(C(F)(F)C(F)(F)F)cc2C(F)(F)C(F)(F)F)c1. The number of halogens is 10. The first-order chi connectivity index (χ1) is 12.1. The standard InChI is InChI=1S/C15H10F10N2/c1-8-3-2-4-9(5-8)7-27-11(13(18,19)15(23,24)25)6-10(26-27)12(16,17)14(20,21)22/h2-6H,7H2,1H3. The fourth-order valence-electron chi connectivity index (χ4n) is 2.22. The van der Waals surface area contributed by atoms with Crippen LogP contribution in [0.25, 0.3) is 0 Å². The Morgan fingerprint density at radius 3 is 1.85 bits per heavy atom. The quantitative estimate of drug-likeness (QED) is 0.607. The molecule has 0 fully saturated rings. The van der Waals surface area contributed by atoms with E-state index in [0.29, 0.717) is 5.56 Å². The summed E-state index contributed by atoms with van der Waals surface area (Å²) in [5.74, 6) is -11.4. The third-order valence-electron chi connectivity index (χ3n) is 3.55. The van der Waals surface area contributed by atoms with E-state index in [-0.39, 0.29) is 10.2 Å². The molecular weight excluding hydrogens is 398 g/mol. The van der Waals surface area contributed by atoms with Gasteiger partial charge in [0.15, 0.2) is 0 Å². The summed E-state index contributed by atoms with van der Waals surface area (Å²) in [5.41, 5.74) is -3.72. The Balaban J connectivity index is 2.63. The summed E-state index contributed by atoms with van der Waals surface area (Å²) < 4.78 is 129. The zero-order valence-electron chi connectivity index (χ0n) is 13.3. The van der Waals surface area contributed by atoms with Gasteiger partial charge in [0.25, 0.3) is 0 Å². The van der Waals surface area contributed by atoms with Crippen LogP contribution in [0, 0.1) is 6.92 Å². The van der Waals surface area contributed by atoms with E-state index in [2.05, 4.69) is 5.10 Å². The molecule has 2 nitrogen and oxygen atoms in total. The molecule has 0 amide bonds. The van der Waals surface area contributed by atoms with E-state index in [1.807, 2.05) is 0 Å². The van der Waals surface area contributed by atoms with Crippen LogP contribution < -0.4 is 0 Å². The molecule has 2 rings (SSSR count). The highest BCUT2D eigenvalue weighted by atomic mass is 19.4. The highest BCUT2D eigenvalue weighted by Gasteiger charge is 2.64. The van der Waals surface area contributed by atoms with Crippen LogP contribution in [0.5, 0.6) is 0 Å². The van der Waals surface area contributed by atoms with Gasteiger partial charge in [0, 0.05) is 0 Å². The Kier molecular flexibility index (Phi) is 4.99. The molecular formula is C15H10F10N2. The molecule has 0 radical (unpaired) electrons. The van der Waals surface area contributed by atoms with E-state index in [0.717, 1.165) is 0 Å². The van der Waals surface area contributed by atoms with Gasteiger partial charge in [-0.2, -0.15) is 49.0 Å². The first kappa shape index (κ1) is 21.0. The zero-order valence-corrected chi connectivity index (χ0v) is 13.3. The normalized spacial score (nSPS) is 13.9. The van der Waals surface area contributed by atoms with Crippen LogP contribution in [0.4, 0.5) is 43.9 Å². The Morgan fingerprint density at radius 1 is 0.815 bits per heavy atom. The minimum Gasteiger partial charge on any atom is -0.258 e. The molecule has 0 saturated heterocycles. The lowest BCUT2D eigenvalue weighted by atomic mass is 10.1. The third kappa shape index (κ3) is 3.88. The number of nitrogens with zero attached hydrogens (tertiary/aromatic N) is 2. The summed E-state index contributed by atoms with van der Waals surface area (Å²) >= 11 is 0. The number of alkyl halides is 10. The summed E-state index contributed by atoms with van der Waals surface area (Å²) in [5, 5.41) is 2.72. The van der Waals surface area contributed by atoms with Gasteiger partial charge in [-0.15, -0.1) is 0 Å². The molecule has 0 bridgehead atoms. The van der Waals surface area contributed by atoms with Crippen molar-refractivity contribution in [1.29, 1.82) is 0 Å². The van der Waals surface area contributed by atoms with Crippen molar-refractivity contribution in [2.24, 2.45) is 0 Å². The van der Waals surface area contributed by atoms with Gasteiger partial charge in [0.1, 0.15) is 11.4 Å². The van der Waals surface area contributed by atoms with Crippen LogP contribution in [-0.2, 0) is 18.4 Å². The molecule has 1 aromatic carbocycles. The molecule has 27 heavy (non-hydrogen) atoms. The Morgan fingerprint density at radius 2 is 1.37 bits per heavy atom. The van der Waals surface area contributed by atoms with Crippen molar-refractivity contribution in [3.8, 4) is 0 Å². The average Bonchev–Trinajstić information content (AvgIpc) is 2.90. The summed E-state index contributed by atoms with van der Waals surface area (Å²) in [4.78, 5) is 0. The number of benzene rings is 1. The lowest BCUT2D eigenvalue weighted by Crippen LogP contribution is -2.36. The number of hydrogen-bond donors (Lipinski definition) is 0. The first-order valence-corrected chi connectivity index (χ1v) is 7.11. The van der Waals surface area contributed by atoms with Crippen LogP contribution in [-0.4, -0.2) is 22.1 Å². The number of aromatic nitrogens is 2. The lowest BCUT2D eigenvalue weighted by molar-refractivity contribution is -0.292. The highest BCUT2D eigenvalue weighted by Crippen LogP contribution is 2.48. The summed E-state index contributed by atoms with van der Waals surface area (Å²) in [6.45, 7) is 0.692. The highest BCUT2D eigenvalue weighted by molar-refractivity contribution is 5.26. The van der Waals surface area contributed by atoms with Gasteiger partial charge in [0.05, 0.1) is 6.54 Å². The van der Waals surface area contributed by atoms with Gasteiger partial charge >= 0.3 is 24.2 Å². The van der Waals surface area contributed by atoms with Gasteiger partial charge in [0.2, 0.25) is 0 Å². The van der Waals surface area contributed by atoms with Crippen LogP contribution in [0.1, 0.15) is 22.5 Å². The Hall–Kier alpha value is -2.27. The van der Waals surface area contributed by atoms with Gasteiger partial charge in [-0.1, -0.05) is 29.8 Å². The Labute approximate surface area is 145 Å². The molecule has 0 saturated carbocycles. The number of aryl methyl sites for hydroxylation is 1. The monoisotopic (exact) mass is 408 g/mol. The minimum absolute atomic E-state index is 0.0826. The van der Waals surface area contributed by atoms with Gasteiger partial charge < -0.3 is 0 Å². The molecule has 0 aliphatic rings. The first-order valence-electron chi connectivity index (χ1n) is 7.11. The van der Waals surface area contributed by atoms with E-state index < -0.39 is 48.2 Å². The molecule has 12 heteroatoms. The van der Waals surface area contributed by atoms with Crippen molar-refractivity contribution in [1.82, 2.24) is 9.78 Å². The number of rotatable bonds is 4. The molecule has 1 heterocycles. The molecule has 150 valence electrons. The molecule has 0 aliphatic carbocycles. The largest absolute Gasteiger partial charge is 0.459 e. The van der Waals surface area contributed by atoms with E-state index in [1.54, 1.807) is 13.0 Å². The molecule has 0 atom stereocenters. The van der Waals surface area contributed by atoms with Gasteiger partial charge in [-0.3, -0.25) is 4.68 Å². The fourth-order valence-corrected chi connectivity index (χ4v) is 2.22. The average molecular weight is 408 g/mol. The summed E-state index contributed by atoms with van der Waals surface area (Å²) in [6, 6.07) is 4.99. The van der Waals surface area contributed by atoms with Crippen molar-refractivity contribution < 1.29 is 43.9 Å². The van der Waals surface area contributed by atoms with Gasteiger partial charge in [-0.25, -0.2) is 0 Å². The molecule has 1 aromatic heterocycles. The molecule has 2 aromatic rings. The predicted molar refractivity (Wildman–Crippen MR) is 72.4 cm³/mol. The van der Waals surface area contributed by atoms with E-state index >= 15 is 0 Å². The van der Waals surface area contributed by atoms with Crippen molar-refractivity contribution in [3.63, 3.8) is 0 Å². The molecule has 0 N–H and O–H groups in total. The van der Waals surface area contributed by atoms with E-state index in [4.69, 9.17) is 0 Å². The Bertz CT molecular complexity index is 817. The summed E-state index contributed by atoms with van der Waals surface area (Å²) in [6.07, 6.45) is -12.4. The van der Waals surface area contributed by atoms with Crippen molar-refractivity contribution in [2.75, 3.05) is 0 Å². The van der Waals surface area contributed by atoms with Crippen LogP contribution in [0.3, 0.4) is 0 Å². The lowest BCUT2D eigenvalue weighted by Gasteiger charge is -2.20. The maximum Gasteiger partial charge on any atom is 0.459 e. The predicted octanol–water partition coefficient (Wildman–Crippen LogP) is 5.55. The van der Waals surface area contributed by atoms with Crippen LogP contribution in [0.2, 0.25) is 0 Å². The van der Waals surface area contributed by atoms with Gasteiger partial charge in [-0.05, 0) is 18.6 Å². The smallest absolute Gasteiger partial charge is 0.258 e. The second-order valence-corrected chi connectivity index (χ2v) is 5.71. The molecule has 0 aliphatic heterocycles. The van der Waals surface area contributed by atoms with E-state index in [1.165, 1.54) is 18.2 Å². The zero-order chi connectivity index (χ0) is 20.8. The topological polar surface area (TPSA) is 17.8 Å². The van der Waals surface area contributed by atoms with Crippen molar-refractivity contribution >= 4 is 0 Å². The molecule has 0 unspecified atom stereocenters. The summed E-state index contributed by atoms with van der Waals surface area (Å²) in [7, 11) is 0. The maximum absolute atomic E-state index is 13.7. The maximum atomic E-state index is 13.7. The van der Waals surface area contributed by atoms with Crippen LogP contribution in [0.15, 0.2) is 30.3 Å². The number of hydrogen-bond acceptors (Lipinski definition) is 1. The van der Waals surface area contributed by atoms with Crippen molar-refractivity contribution in [2.45, 2.75) is 37.7 Å².